The number of likely N-dealkylation sites (tertiary alicyclic amines) is 1. The van der Waals surface area contributed by atoms with Gasteiger partial charge in [0.1, 0.15) is 12.1 Å². The van der Waals surface area contributed by atoms with E-state index in [1.165, 1.54) is 0 Å². The van der Waals surface area contributed by atoms with Gasteiger partial charge in [-0.3, -0.25) is 19.3 Å². The second kappa shape index (κ2) is 6.76. The predicted molar refractivity (Wildman–Crippen MR) is 80.8 cm³/mol. The van der Waals surface area contributed by atoms with Crippen LogP contribution in [-0.4, -0.2) is 70.1 Å². The van der Waals surface area contributed by atoms with Crippen molar-refractivity contribution >= 4 is 23.8 Å². The fourth-order valence-corrected chi connectivity index (χ4v) is 3.37. The van der Waals surface area contributed by atoms with E-state index in [1.807, 2.05) is 0 Å². The van der Waals surface area contributed by atoms with E-state index >= 15 is 0 Å². The zero-order chi connectivity index (χ0) is 19.9. The topological polar surface area (TPSA) is 107 Å². The summed E-state index contributed by atoms with van der Waals surface area (Å²) in [5.41, 5.74) is -1.12. The molecule has 0 saturated carbocycles. The van der Waals surface area contributed by atoms with Gasteiger partial charge in [-0.2, -0.15) is 13.2 Å². The first-order valence-corrected chi connectivity index (χ1v) is 8.18. The lowest BCUT2D eigenvalue weighted by atomic mass is 9.93. The van der Waals surface area contributed by atoms with Gasteiger partial charge in [0.25, 0.3) is 5.91 Å². The van der Waals surface area contributed by atoms with Gasteiger partial charge in [0.2, 0.25) is 5.91 Å². The third-order valence-corrected chi connectivity index (χ3v) is 5.16. The highest BCUT2D eigenvalue weighted by atomic mass is 19.4. The van der Waals surface area contributed by atoms with Gasteiger partial charge in [-0.1, -0.05) is 13.8 Å². The van der Waals surface area contributed by atoms with Gasteiger partial charge in [0.15, 0.2) is 0 Å². The van der Waals surface area contributed by atoms with Crippen LogP contribution >= 0.6 is 0 Å². The van der Waals surface area contributed by atoms with E-state index in [-0.39, 0.29) is 0 Å². The van der Waals surface area contributed by atoms with Crippen molar-refractivity contribution in [2.75, 3.05) is 19.6 Å². The number of imide groups is 1. The van der Waals surface area contributed by atoms with Crippen molar-refractivity contribution in [1.82, 2.24) is 15.1 Å². The van der Waals surface area contributed by atoms with Crippen LogP contribution < -0.4 is 5.32 Å². The van der Waals surface area contributed by atoms with Crippen molar-refractivity contribution in [3.8, 4) is 0 Å². The first-order chi connectivity index (χ1) is 12.0. The van der Waals surface area contributed by atoms with Crippen molar-refractivity contribution in [2.45, 2.75) is 38.4 Å². The zero-order valence-corrected chi connectivity index (χ0v) is 14.3. The predicted octanol–water partition coefficient (Wildman–Crippen LogP) is 0.819. The standard InChI is InChI=1S/C15H20F3N3O5/c1-3-14(4-2)12(25)21(13(26)19-14)7-10(22)20-5-8(11(23)24)9(6-20)15(16,17)18/h8-9H,3-7H2,1-2H3,(H,19,26)(H,23,24)/t8-,9-/m1/s1. The van der Waals surface area contributed by atoms with Crippen molar-refractivity contribution in [3.05, 3.63) is 0 Å². The average molecular weight is 379 g/mol. The molecule has 2 atom stereocenters. The van der Waals surface area contributed by atoms with Crippen LogP contribution in [0.15, 0.2) is 0 Å². The summed E-state index contributed by atoms with van der Waals surface area (Å²) in [5.74, 6) is -7.10. The Balaban J connectivity index is 2.12. The number of urea groups is 1. The van der Waals surface area contributed by atoms with Crippen molar-refractivity contribution in [1.29, 1.82) is 0 Å². The number of carboxylic acid groups (broad SMARTS) is 1. The van der Waals surface area contributed by atoms with E-state index in [1.54, 1.807) is 13.8 Å². The molecule has 2 rings (SSSR count). The molecule has 2 N–H and O–H groups in total. The van der Waals surface area contributed by atoms with Crippen molar-refractivity contribution in [3.63, 3.8) is 0 Å². The highest BCUT2D eigenvalue weighted by molar-refractivity contribution is 6.09. The number of hydrogen-bond acceptors (Lipinski definition) is 4. The van der Waals surface area contributed by atoms with E-state index in [2.05, 4.69) is 5.32 Å². The minimum absolute atomic E-state index is 0.305. The van der Waals surface area contributed by atoms with Crippen LogP contribution in [-0.2, 0) is 14.4 Å². The van der Waals surface area contributed by atoms with Gasteiger partial charge in [0, 0.05) is 13.1 Å². The van der Waals surface area contributed by atoms with Crippen LogP contribution in [0.1, 0.15) is 26.7 Å². The first kappa shape index (κ1) is 20.0. The number of carbonyl (C=O) groups excluding carboxylic acids is 3. The number of aliphatic carboxylic acids is 1. The summed E-state index contributed by atoms with van der Waals surface area (Å²) >= 11 is 0. The molecule has 146 valence electrons. The number of halogens is 3. The molecule has 0 radical (unpaired) electrons. The summed E-state index contributed by atoms with van der Waals surface area (Å²) in [6.45, 7) is 1.24. The number of rotatable bonds is 5. The summed E-state index contributed by atoms with van der Waals surface area (Å²) in [5, 5.41) is 11.5. The third kappa shape index (κ3) is 3.34. The molecule has 0 aromatic heterocycles. The average Bonchev–Trinajstić information content (AvgIpc) is 3.10. The molecule has 2 aliphatic heterocycles. The van der Waals surface area contributed by atoms with Crippen molar-refractivity contribution in [2.24, 2.45) is 11.8 Å². The van der Waals surface area contributed by atoms with Gasteiger partial charge >= 0.3 is 18.2 Å². The Morgan fingerprint density at radius 2 is 1.81 bits per heavy atom. The van der Waals surface area contributed by atoms with Crippen LogP contribution in [0, 0.1) is 11.8 Å². The van der Waals surface area contributed by atoms with Gasteiger partial charge in [-0.15, -0.1) is 0 Å². The largest absolute Gasteiger partial charge is 0.481 e. The number of nitrogens with zero attached hydrogens (tertiary/aromatic N) is 2. The molecule has 4 amide bonds. The molecule has 0 aromatic carbocycles. The van der Waals surface area contributed by atoms with Crippen LogP contribution in [0.4, 0.5) is 18.0 Å². The van der Waals surface area contributed by atoms with Gasteiger partial charge in [-0.25, -0.2) is 4.79 Å². The number of hydrogen-bond donors (Lipinski definition) is 2. The minimum Gasteiger partial charge on any atom is -0.481 e. The smallest absolute Gasteiger partial charge is 0.394 e. The Kier molecular flexibility index (Phi) is 5.20. The molecule has 0 unspecified atom stereocenters. The molecule has 26 heavy (non-hydrogen) atoms. The molecule has 8 nitrogen and oxygen atoms in total. The molecule has 11 heteroatoms. The van der Waals surface area contributed by atoms with Crippen molar-refractivity contribution < 1.29 is 37.5 Å². The molecular formula is C15H20F3N3O5. The Morgan fingerprint density at radius 1 is 1.23 bits per heavy atom. The summed E-state index contributed by atoms with van der Waals surface area (Å²) < 4.78 is 39.0. The maximum absolute atomic E-state index is 13.0. The van der Waals surface area contributed by atoms with Crippen LogP contribution in [0.2, 0.25) is 0 Å². The van der Waals surface area contributed by atoms with E-state index in [0.717, 1.165) is 4.90 Å². The number of amides is 4. The lowest BCUT2D eigenvalue weighted by Crippen LogP contribution is -2.47. The number of nitrogens with one attached hydrogen (secondary N) is 1. The summed E-state index contributed by atoms with van der Waals surface area (Å²) in [7, 11) is 0. The lowest BCUT2D eigenvalue weighted by molar-refractivity contribution is -0.188. The molecule has 0 bridgehead atoms. The summed E-state index contributed by atoms with van der Waals surface area (Å²) in [6, 6.07) is -0.784. The molecular weight excluding hydrogens is 359 g/mol. The Hall–Kier alpha value is -2.33. The summed E-state index contributed by atoms with van der Waals surface area (Å²) in [6.07, 6.45) is -4.15. The van der Waals surface area contributed by atoms with Gasteiger partial charge in [-0.05, 0) is 12.8 Å². The maximum Gasteiger partial charge on any atom is 0.394 e. The normalized spacial score (nSPS) is 25.6. The zero-order valence-electron chi connectivity index (χ0n) is 14.3. The van der Waals surface area contributed by atoms with E-state index in [4.69, 9.17) is 5.11 Å². The van der Waals surface area contributed by atoms with E-state index in [9.17, 15) is 32.3 Å². The highest BCUT2D eigenvalue weighted by Crippen LogP contribution is 2.38. The molecule has 0 spiro atoms. The lowest BCUT2D eigenvalue weighted by Gasteiger charge is -2.24. The molecule has 0 aliphatic carbocycles. The molecule has 2 aliphatic rings. The molecule has 0 aromatic rings. The van der Waals surface area contributed by atoms with E-state index in [0.29, 0.717) is 17.7 Å². The fraction of sp³-hybridized carbons (Fsp3) is 0.733. The molecule has 2 saturated heterocycles. The number of alkyl halides is 3. The van der Waals surface area contributed by atoms with Crippen LogP contribution in [0.5, 0.6) is 0 Å². The van der Waals surface area contributed by atoms with Crippen LogP contribution in [0.25, 0.3) is 0 Å². The SMILES string of the molecule is CCC1(CC)NC(=O)N(CC(=O)N2C[C@@H](C(F)(F)F)[C@H](C(=O)O)C2)C1=O. The maximum atomic E-state index is 13.0. The second-order valence-corrected chi connectivity index (χ2v) is 6.50. The number of carbonyl (C=O) groups is 4. The highest BCUT2D eigenvalue weighted by Gasteiger charge is 2.54. The Morgan fingerprint density at radius 3 is 2.19 bits per heavy atom. The second-order valence-electron chi connectivity index (χ2n) is 6.50. The monoisotopic (exact) mass is 379 g/mol. The fourth-order valence-electron chi connectivity index (χ4n) is 3.37. The van der Waals surface area contributed by atoms with Gasteiger partial charge in [0.05, 0.1) is 11.8 Å². The van der Waals surface area contributed by atoms with Gasteiger partial charge < -0.3 is 15.3 Å². The summed E-state index contributed by atoms with van der Waals surface area (Å²) in [4.78, 5) is 49.3. The molecule has 2 fully saturated rings. The third-order valence-electron chi connectivity index (χ3n) is 5.16. The van der Waals surface area contributed by atoms with E-state index < -0.39 is 67.0 Å². The first-order valence-electron chi connectivity index (χ1n) is 8.18. The minimum atomic E-state index is -4.77. The van der Waals surface area contributed by atoms with Crippen LogP contribution in [0.3, 0.4) is 0 Å². The Labute approximate surface area is 147 Å². The quantitative estimate of drug-likeness (QED) is 0.688. The Bertz CT molecular complexity index is 633. The molecule has 2 heterocycles. The number of carboxylic acids is 1.